The molecule has 1 amide bonds. The van der Waals surface area contributed by atoms with Gasteiger partial charge in [0.25, 0.3) is 0 Å². The van der Waals surface area contributed by atoms with Crippen LogP contribution in [0, 0.1) is 41.5 Å². The zero-order valence-corrected chi connectivity index (χ0v) is 58.4. The number of carboxylic acid groups (broad SMARTS) is 1. The number of nitrogens with one attached hydrogen (secondary N) is 2. The van der Waals surface area contributed by atoms with Crippen molar-refractivity contribution in [2.24, 2.45) is 0 Å². The number of aliphatic carboxylic acids is 1. The summed E-state index contributed by atoms with van der Waals surface area (Å²) in [6, 6.07) is 69.0. The molecule has 0 bridgehead atoms. The third-order valence-electron chi connectivity index (χ3n) is 15.9. The van der Waals surface area contributed by atoms with E-state index in [1.165, 1.54) is 70.2 Å². The second-order valence-electron chi connectivity index (χ2n) is 24.6. The lowest BCUT2D eigenvalue weighted by Gasteiger charge is -2.14. The number of nitrogens with zero attached hydrogens (tertiary/aromatic N) is 2. The number of Topliss-reactive ketones (excluding diaryl/α,β-unsaturated/α-hetero) is 1. The second-order valence-corrected chi connectivity index (χ2v) is 24.6. The first-order chi connectivity index (χ1) is 45.9. The summed E-state index contributed by atoms with van der Waals surface area (Å²) in [6.45, 7) is 25.1. The minimum Gasteiger partial charge on any atom is -0.481 e. The van der Waals surface area contributed by atoms with Crippen LogP contribution in [0.4, 0.5) is 11.4 Å². The number of methoxy groups -OCH3 is 2. The molecule has 3 N–H and O–H groups in total. The van der Waals surface area contributed by atoms with E-state index >= 15 is 0 Å². The molecule has 96 heavy (non-hydrogen) atoms. The Morgan fingerprint density at radius 1 is 0.448 bits per heavy atom. The van der Waals surface area contributed by atoms with Crippen LogP contribution in [0.3, 0.4) is 0 Å². The first-order valence-corrected chi connectivity index (χ1v) is 32.6. The van der Waals surface area contributed by atoms with Crippen molar-refractivity contribution in [3.05, 3.63) is 291 Å². The second kappa shape index (κ2) is 40.0. The molecule has 12 nitrogen and oxygen atoms in total. The number of hydrogen-bond donors (Lipinski definition) is 3. The van der Waals surface area contributed by atoms with Crippen LogP contribution in [0.2, 0.25) is 0 Å². The van der Waals surface area contributed by atoms with Gasteiger partial charge >= 0.3 is 17.9 Å². The van der Waals surface area contributed by atoms with Crippen LogP contribution in [-0.2, 0) is 28.7 Å². The molecule has 500 valence electrons. The number of aryl methyl sites for hydroxylation is 6. The van der Waals surface area contributed by atoms with Crippen molar-refractivity contribution in [3.8, 4) is 0 Å². The molecule has 0 saturated heterocycles. The van der Waals surface area contributed by atoms with E-state index in [0.29, 0.717) is 18.8 Å². The molecule has 10 aromatic rings. The Kier molecular flexibility index (Phi) is 31.9. The van der Waals surface area contributed by atoms with Gasteiger partial charge in [0.05, 0.1) is 38.1 Å². The zero-order valence-electron chi connectivity index (χ0n) is 58.4. The molecular formula is C84H96N4O8. The van der Waals surface area contributed by atoms with E-state index in [1.807, 2.05) is 188 Å². The molecule has 0 radical (unpaired) electrons. The normalized spacial score (nSPS) is 11.8. The maximum atomic E-state index is 12.3. The highest BCUT2D eigenvalue weighted by atomic mass is 16.5. The van der Waals surface area contributed by atoms with Crippen molar-refractivity contribution in [1.82, 2.24) is 9.97 Å². The zero-order chi connectivity index (χ0) is 70.1. The Balaban J connectivity index is 0.000000214. The number of allylic oxidation sites excluding steroid dienone is 1. The van der Waals surface area contributed by atoms with E-state index < -0.39 is 5.97 Å². The average Bonchev–Trinajstić information content (AvgIpc) is 0.977. The largest absolute Gasteiger partial charge is 0.481 e. The SMILES string of the molecule is CC(=O)c1cccc(C)c1.COC(=O)/C=C(\C)c1cccc(C)c1.COC(=O)CC(C)c1cccc(C)c1.Cc1cccc(C(C)CC(=O)Nc2ccc3ncccc3c2)c1.Cc1cccc(C(C)CC(=O)O)c1.Cc1cccc(C(C)CCNc2ccc3ncccc3c2)c1. The summed E-state index contributed by atoms with van der Waals surface area (Å²) in [7, 11) is 2.80. The number of ketones is 1. The average molecular weight is 1290 g/mol. The number of pyridine rings is 2. The molecule has 10 rings (SSSR count). The van der Waals surface area contributed by atoms with Gasteiger partial charge in [-0.05, 0) is 173 Å². The highest BCUT2D eigenvalue weighted by molar-refractivity contribution is 5.95. The quantitative estimate of drug-likeness (QED) is 0.0424. The standard InChI is InChI=1S/C20H20N2O.C20H22N2.C12H16O2.C12H14O2.C11H14O2.C9H10O/c1-14-5-3-6-16(11-14)15(2)12-20(23)22-18-8-9-19-17(13-18)7-4-10-21-19;1-15-5-3-6-17(13-15)16(2)10-12-21-19-8-9-20-18(14-19)7-4-11-22-20;2*1-9-5-4-6-11(7-9)10(2)8-12(13)14-3;1-8-4-3-5-10(6-8)9(2)7-11(12)13;1-7-4-3-5-9(6-7)8(2)10/h3-11,13,15H,12H2,1-2H3,(H,22,23);3-9,11,13-14,16,21H,10,12H2,1-2H3;4-7,10H,8H2,1-3H3;4-8H,1-3H3;3-6,9H,7H2,1-2H3,(H,12,13);3-6H,1-2H3/b;;;10-8+;;. The molecule has 0 fully saturated rings. The number of carbonyl (C=O) groups is 5. The highest BCUT2D eigenvalue weighted by Crippen LogP contribution is 2.26. The summed E-state index contributed by atoms with van der Waals surface area (Å²) in [5.74, 6) is 0.0225. The van der Waals surface area contributed by atoms with Crippen molar-refractivity contribution < 1.29 is 38.6 Å². The molecule has 4 atom stereocenters. The molecule has 8 aromatic carbocycles. The van der Waals surface area contributed by atoms with Gasteiger partial charge < -0.3 is 25.2 Å². The number of amides is 1. The number of hydrogen-bond acceptors (Lipinski definition) is 10. The van der Waals surface area contributed by atoms with Gasteiger partial charge in [0, 0.05) is 59.1 Å². The molecule has 0 aliphatic rings. The van der Waals surface area contributed by atoms with Gasteiger partial charge in [0.15, 0.2) is 5.78 Å². The fraction of sp³-hybridized carbons (Fsp3) is 0.274. The van der Waals surface area contributed by atoms with Crippen molar-refractivity contribution in [2.45, 2.75) is 132 Å². The van der Waals surface area contributed by atoms with E-state index in [0.717, 1.165) is 68.6 Å². The van der Waals surface area contributed by atoms with Crippen molar-refractivity contribution in [3.63, 3.8) is 0 Å². The van der Waals surface area contributed by atoms with Gasteiger partial charge in [0.2, 0.25) is 5.91 Å². The number of aromatic nitrogens is 2. The van der Waals surface area contributed by atoms with Crippen LogP contribution in [0.5, 0.6) is 0 Å². The Hall–Kier alpha value is -10.3. The first kappa shape index (κ1) is 76.4. The molecule has 2 aromatic heterocycles. The number of ether oxygens (including phenoxy) is 2. The summed E-state index contributed by atoms with van der Waals surface area (Å²) in [5, 5.41) is 17.3. The summed E-state index contributed by atoms with van der Waals surface area (Å²) in [5.41, 5.74) is 18.9. The summed E-state index contributed by atoms with van der Waals surface area (Å²) >= 11 is 0. The lowest BCUT2D eigenvalue weighted by molar-refractivity contribution is -0.141. The molecular weight excluding hydrogens is 1190 g/mol. The minimum absolute atomic E-state index is 0.0299. The third kappa shape index (κ3) is 27.7. The molecule has 0 aliphatic heterocycles. The predicted molar refractivity (Wildman–Crippen MR) is 395 cm³/mol. The first-order valence-electron chi connectivity index (χ1n) is 32.6. The summed E-state index contributed by atoms with van der Waals surface area (Å²) < 4.78 is 9.19. The van der Waals surface area contributed by atoms with Crippen LogP contribution in [0.25, 0.3) is 27.4 Å². The molecule has 2 heterocycles. The van der Waals surface area contributed by atoms with E-state index in [9.17, 15) is 24.0 Å². The van der Waals surface area contributed by atoms with Gasteiger partial charge in [-0.15, -0.1) is 0 Å². The lowest BCUT2D eigenvalue weighted by atomic mass is 9.96. The van der Waals surface area contributed by atoms with Crippen LogP contribution in [0.1, 0.15) is 162 Å². The van der Waals surface area contributed by atoms with Crippen LogP contribution < -0.4 is 10.6 Å². The third-order valence-corrected chi connectivity index (χ3v) is 15.9. The van der Waals surface area contributed by atoms with Gasteiger partial charge in [-0.25, -0.2) is 4.79 Å². The number of anilines is 2. The van der Waals surface area contributed by atoms with E-state index in [1.54, 1.807) is 13.1 Å². The number of benzene rings is 8. The Morgan fingerprint density at radius 3 is 1.28 bits per heavy atom. The Bertz CT molecular complexity index is 4170. The highest BCUT2D eigenvalue weighted by Gasteiger charge is 2.14. The van der Waals surface area contributed by atoms with Gasteiger partial charge in [0.1, 0.15) is 0 Å². The fourth-order valence-corrected chi connectivity index (χ4v) is 10.4. The Labute approximate surface area is 569 Å². The van der Waals surface area contributed by atoms with E-state index in [2.05, 4.69) is 131 Å². The Morgan fingerprint density at radius 2 is 0.854 bits per heavy atom. The van der Waals surface area contributed by atoms with Crippen molar-refractivity contribution >= 4 is 68.4 Å². The lowest BCUT2D eigenvalue weighted by Crippen LogP contribution is -2.14. The minimum atomic E-state index is -0.742. The molecule has 0 aliphatic carbocycles. The maximum Gasteiger partial charge on any atom is 0.330 e. The monoisotopic (exact) mass is 1290 g/mol. The molecule has 4 unspecified atom stereocenters. The van der Waals surface area contributed by atoms with Crippen LogP contribution in [-0.4, -0.2) is 65.4 Å². The van der Waals surface area contributed by atoms with Gasteiger partial charge in [-0.1, -0.05) is 213 Å². The summed E-state index contributed by atoms with van der Waals surface area (Å²) in [4.78, 5) is 64.2. The van der Waals surface area contributed by atoms with Crippen LogP contribution in [0.15, 0.2) is 225 Å². The van der Waals surface area contributed by atoms with E-state index in [4.69, 9.17) is 5.11 Å². The number of esters is 2. The topological polar surface area (TPSA) is 174 Å². The van der Waals surface area contributed by atoms with Gasteiger partial charge in [-0.3, -0.25) is 29.1 Å². The number of carboxylic acids is 1. The summed E-state index contributed by atoms with van der Waals surface area (Å²) in [6.07, 6.45) is 7.32. The maximum absolute atomic E-state index is 12.3. The van der Waals surface area contributed by atoms with Crippen molar-refractivity contribution in [1.29, 1.82) is 0 Å². The number of rotatable bonds is 18. The molecule has 0 spiro atoms. The molecule has 12 heteroatoms. The van der Waals surface area contributed by atoms with Gasteiger partial charge in [-0.2, -0.15) is 0 Å². The smallest absolute Gasteiger partial charge is 0.330 e. The number of carbonyl (C=O) groups excluding carboxylic acids is 4. The number of fused-ring (bicyclic) bond motifs is 2. The van der Waals surface area contributed by atoms with Crippen LogP contribution >= 0.6 is 0 Å². The fourth-order valence-electron chi connectivity index (χ4n) is 10.4. The van der Waals surface area contributed by atoms with E-state index in [-0.39, 0.29) is 47.8 Å². The van der Waals surface area contributed by atoms with Crippen molar-refractivity contribution in [2.75, 3.05) is 31.4 Å². The molecule has 0 saturated carbocycles. The predicted octanol–water partition coefficient (Wildman–Crippen LogP) is 19.8.